The van der Waals surface area contributed by atoms with Crippen molar-refractivity contribution in [2.45, 2.75) is 46.6 Å². The van der Waals surface area contributed by atoms with Crippen LogP contribution < -0.4 is 9.47 Å². The Morgan fingerprint density at radius 2 is 1.76 bits per heavy atom. The van der Waals surface area contributed by atoms with Crippen molar-refractivity contribution in [3.8, 4) is 22.8 Å². The van der Waals surface area contributed by atoms with Gasteiger partial charge in [-0.1, -0.05) is 23.2 Å². The third kappa shape index (κ3) is 6.40. The van der Waals surface area contributed by atoms with Gasteiger partial charge < -0.3 is 14.6 Å². The van der Waals surface area contributed by atoms with Gasteiger partial charge in [-0.3, -0.25) is 4.98 Å². The van der Waals surface area contributed by atoms with Crippen LogP contribution in [0.4, 0.5) is 0 Å². The zero-order valence-electron chi connectivity index (χ0n) is 19.1. The van der Waals surface area contributed by atoms with Crippen LogP contribution in [0.5, 0.6) is 11.5 Å². The van der Waals surface area contributed by atoms with E-state index in [1.807, 2.05) is 45.9 Å². The topological polar surface area (TPSA) is 68.7 Å². The van der Waals surface area contributed by atoms with Crippen molar-refractivity contribution < 1.29 is 19.4 Å². The Morgan fingerprint density at radius 3 is 2.39 bits per heavy atom. The molecule has 0 aliphatic heterocycles. The maximum atomic E-state index is 11.8. The second kappa shape index (κ2) is 10.9. The summed E-state index contributed by atoms with van der Waals surface area (Å²) in [5.41, 5.74) is 3.98. The quantitative estimate of drug-likeness (QED) is 0.324. The number of rotatable bonds is 9. The van der Waals surface area contributed by atoms with Crippen molar-refractivity contribution in [2.24, 2.45) is 0 Å². The molecule has 0 saturated heterocycles. The Balaban J connectivity index is 1.80. The smallest absolute Gasteiger partial charge is 0.337 e. The molecule has 0 atom stereocenters. The molecule has 33 heavy (non-hydrogen) atoms. The third-order valence-corrected chi connectivity index (χ3v) is 5.85. The molecular formula is C26H27Cl2NO4. The summed E-state index contributed by atoms with van der Waals surface area (Å²) in [5, 5.41) is 10.9. The average molecular weight is 488 g/mol. The number of pyridine rings is 1. The first-order valence-corrected chi connectivity index (χ1v) is 11.5. The van der Waals surface area contributed by atoms with Crippen molar-refractivity contribution >= 4 is 29.2 Å². The first kappa shape index (κ1) is 24.9. The highest BCUT2D eigenvalue weighted by Crippen LogP contribution is 2.33. The zero-order valence-corrected chi connectivity index (χ0v) is 20.6. The Morgan fingerprint density at radius 1 is 1.06 bits per heavy atom. The van der Waals surface area contributed by atoms with Gasteiger partial charge in [0, 0.05) is 15.6 Å². The van der Waals surface area contributed by atoms with Gasteiger partial charge in [-0.25, -0.2) is 4.79 Å². The van der Waals surface area contributed by atoms with Gasteiger partial charge in [0.1, 0.15) is 11.5 Å². The van der Waals surface area contributed by atoms with Crippen molar-refractivity contribution in [1.82, 2.24) is 4.98 Å². The molecule has 1 aromatic heterocycles. The lowest BCUT2D eigenvalue weighted by Gasteiger charge is -2.16. The molecule has 0 radical (unpaired) electrons. The summed E-state index contributed by atoms with van der Waals surface area (Å²) >= 11 is 12.4. The molecule has 0 amide bonds. The van der Waals surface area contributed by atoms with Crippen LogP contribution in [-0.2, 0) is 6.42 Å². The summed E-state index contributed by atoms with van der Waals surface area (Å²) in [6.45, 7) is 8.16. The molecule has 7 heteroatoms. The van der Waals surface area contributed by atoms with E-state index in [-0.39, 0.29) is 11.7 Å². The molecule has 2 aromatic carbocycles. The number of ether oxygens (including phenoxy) is 2. The standard InChI is InChI=1S/C26H27Cl2NO4/c1-15(2)33-24-14-18(27)7-8-20(24)23-10-9-21(26(30)31)22(29-23)6-5-11-32-19-12-16(3)25(28)17(4)13-19/h7-10,12-15H,5-6,11H2,1-4H3,(H,30,31). The number of benzene rings is 2. The number of hydrogen-bond acceptors (Lipinski definition) is 4. The number of carboxylic acid groups (broad SMARTS) is 1. The van der Waals surface area contributed by atoms with Gasteiger partial charge in [0.05, 0.1) is 29.7 Å². The number of aromatic nitrogens is 1. The Hall–Kier alpha value is -2.76. The van der Waals surface area contributed by atoms with Gasteiger partial charge in [-0.2, -0.15) is 0 Å². The van der Waals surface area contributed by atoms with Crippen LogP contribution in [0.1, 0.15) is 47.4 Å². The molecule has 1 N–H and O–H groups in total. The fourth-order valence-electron chi connectivity index (χ4n) is 3.52. The number of carboxylic acids is 1. The van der Waals surface area contributed by atoms with Crippen molar-refractivity contribution in [2.75, 3.05) is 6.61 Å². The van der Waals surface area contributed by atoms with Crippen LogP contribution in [0.2, 0.25) is 10.0 Å². The summed E-state index contributed by atoms with van der Waals surface area (Å²) in [6.07, 6.45) is 1.01. The van der Waals surface area contributed by atoms with Crippen LogP contribution in [0.25, 0.3) is 11.3 Å². The van der Waals surface area contributed by atoms with Crippen molar-refractivity contribution in [1.29, 1.82) is 0 Å². The number of aryl methyl sites for hydroxylation is 3. The first-order valence-electron chi connectivity index (χ1n) is 10.7. The fraction of sp³-hybridized carbons (Fsp3) is 0.308. The van der Waals surface area contributed by atoms with Gasteiger partial charge in [0.2, 0.25) is 0 Å². The molecule has 3 aromatic rings. The van der Waals surface area contributed by atoms with Crippen LogP contribution in [0, 0.1) is 13.8 Å². The Labute approximate surface area is 204 Å². The van der Waals surface area contributed by atoms with Crippen LogP contribution in [0.15, 0.2) is 42.5 Å². The van der Waals surface area contributed by atoms with E-state index in [4.69, 9.17) is 32.7 Å². The summed E-state index contributed by atoms with van der Waals surface area (Å²) in [4.78, 5) is 16.4. The summed E-state index contributed by atoms with van der Waals surface area (Å²) in [6, 6.07) is 12.4. The maximum Gasteiger partial charge on any atom is 0.337 e. The minimum absolute atomic E-state index is 0.0442. The molecule has 5 nitrogen and oxygen atoms in total. The zero-order chi connectivity index (χ0) is 24.1. The predicted molar refractivity (Wildman–Crippen MR) is 132 cm³/mol. The van der Waals surface area contributed by atoms with Gasteiger partial charge in [0.15, 0.2) is 0 Å². The van der Waals surface area contributed by atoms with E-state index in [0.717, 1.165) is 27.5 Å². The average Bonchev–Trinajstić information content (AvgIpc) is 2.74. The summed E-state index contributed by atoms with van der Waals surface area (Å²) in [7, 11) is 0. The Kier molecular flexibility index (Phi) is 8.22. The molecule has 0 aliphatic rings. The highest BCUT2D eigenvalue weighted by molar-refractivity contribution is 6.32. The number of aromatic carboxylic acids is 1. The number of hydrogen-bond donors (Lipinski definition) is 1. The molecule has 0 fully saturated rings. The number of halogens is 2. The van der Waals surface area contributed by atoms with E-state index in [0.29, 0.717) is 41.6 Å². The van der Waals surface area contributed by atoms with E-state index in [1.165, 1.54) is 0 Å². The molecule has 0 saturated carbocycles. The molecular weight excluding hydrogens is 461 g/mol. The number of nitrogens with zero attached hydrogens (tertiary/aromatic N) is 1. The van der Waals surface area contributed by atoms with Gasteiger partial charge >= 0.3 is 5.97 Å². The number of carbonyl (C=O) groups is 1. The van der Waals surface area contributed by atoms with Crippen LogP contribution in [-0.4, -0.2) is 28.8 Å². The molecule has 0 spiro atoms. The summed E-state index contributed by atoms with van der Waals surface area (Å²) < 4.78 is 11.8. The van der Waals surface area contributed by atoms with E-state index in [9.17, 15) is 9.90 Å². The molecule has 0 unspecified atom stereocenters. The Bertz CT molecular complexity index is 1140. The van der Waals surface area contributed by atoms with Gasteiger partial charge in [-0.05, 0) is 94.1 Å². The second-order valence-electron chi connectivity index (χ2n) is 8.13. The van der Waals surface area contributed by atoms with Gasteiger partial charge in [0.25, 0.3) is 0 Å². The second-order valence-corrected chi connectivity index (χ2v) is 8.94. The summed E-state index contributed by atoms with van der Waals surface area (Å²) in [5.74, 6) is 0.339. The molecule has 0 bridgehead atoms. The molecule has 1 heterocycles. The molecule has 174 valence electrons. The largest absolute Gasteiger partial charge is 0.494 e. The molecule has 3 rings (SSSR count). The van der Waals surface area contributed by atoms with Crippen LogP contribution >= 0.6 is 23.2 Å². The van der Waals surface area contributed by atoms with Crippen LogP contribution in [0.3, 0.4) is 0 Å². The minimum Gasteiger partial charge on any atom is -0.494 e. The monoisotopic (exact) mass is 487 g/mol. The lowest BCUT2D eigenvalue weighted by molar-refractivity contribution is 0.0695. The van der Waals surface area contributed by atoms with E-state index in [1.54, 1.807) is 24.3 Å². The lowest BCUT2D eigenvalue weighted by Crippen LogP contribution is -2.09. The maximum absolute atomic E-state index is 11.8. The lowest BCUT2D eigenvalue weighted by atomic mass is 10.0. The van der Waals surface area contributed by atoms with Crippen molar-refractivity contribution in [3.05, 3.63) is 74.9 Å². The van der Waals surface area contributed by atoms with E-state index < -0.39 is 5.97 Å². The third-order valence-electron chi connectivity index (χ3n) is 5.02. The first-order chi connectivity index (χ1) is 15.7. The van der Waals surface area contributed by atoms with Gasteiger partial charge in [-0.15, -0.1) is 0 Å². The SMILES string of the molecule is Cc1cc(OCCCc2nc(-c3ccc(Cl)cc3OC(C)C)ccc2C(=O)O)cc(C)c1Cl. The minimum atomic E-state index is -1.01. The highest BCUT2D eigenvalue weighted by atomic mass is 35.5. The fourth-order valence-corrected chi connectivity index (χ4v) is 3.79. The predicted octanol–water partition coefficient (Wildman–Crippen LogP) is 7.17. The van der Waals surface area contributed by atoms with E-state index >= 15 is 0 Å². The van der Waals surface area contributed by atoms with Crippen molar-refractivity contribution in [3.63, 3.8) is 0 Å². The molecule has 0 aliphatic carbocycles. The van der Waals surface area contributed by atoms with E-state index in [2.05, 4.69) is 4.98 Å². The normalized spacial score (nSPS) is 11.0. The highest BCUT2D eigenvalue weighted by Gasteiger charge is 2.16.